The fourth-order valence-electron chi connectivity index (χ4n) is 1.41. The summed E-state index contributed by atoms with van der Waals surface area (Å²) in [6.07, 6.45) is 5.74. The van der Waals surface area contributed by atoms with E-state index >= 15 is 0 Å². The summed E-state index contributed by atoms with van der Waals surface area (Å²) in [6.45, 7) is 7.98. The van der Waals surface area contributed by atoms with Crippen molar-refractivity contribution in [2.75, 3.05) is 6.61 Å². The number of hydrogen-bond acceptors (Lipinski definition) is 1. The molecule has 80 valence electrons. The van der Waals surface area contributed by atoms with E-state index in [1.807, 2.05) is 12.1 Å². The van der Waals surface area contributed by atoms with Crippen molar-refractivity contribution in [2.45, 2.75) is 18.9 Å². The Labute approximate surface area is 92.1 Å². The first kappa shape index (κ1) is 11.7. The third-order valence-electron chi connectivity index (χ3n) is 2.25. The number of hydrogen-bond donors (Lipinski definition) is 0. The maximum absolute atomic E-state index is 5.53. The van der Waals surface area contributed by atoms with Crippen LogP contribution < -0.4 is 0 Å². The molecule has 15 heavy (non-hydrogen) atoms. The van der Waals surface area contributed by atoms with Crippen molar-refractivity contribution in [3.8, 4) is 0 Å². The van der Waals surface area contributed by atoms with Gasteiger partial charge in [0, 0.05) is 0 Å². The topological polar surface area (TPSA) is 9.23 Å². The normalized spacial score (nSPS) is 12.0. The average molecular weight is 202 g/mol. The van der Waals surface area contributed by atoms with Gasteiger partial charge in [-0.05, 0) is 18.4 Å². The highest BCUT2D eigenvalue weighted by molar-refractivity contribution is 5.14. The summed E-state index contributed by atoms with van der Waals surface area (Å²) in [6, 6.07) is 10.4. The summed E-state index contributed by atoms with van der Waals surface area (Å²) in [5.41, 5.74) is 1.34. The van der Waals surface area contributed by atoms with Gasteiger partial charge >= 0.3 is 0 Å². The summed E-state index contributed by atoms with van der Waals surface area (Å²) in [4.78, 5) is 0. The van der Waals surface area contributed by atoms with Gasteiger partial charge in [0.2, 0.25) is 0 Å². The highest BCUT2D eigenvalue weighted by Crippen LogP contribution is 2.08. The van der Waals surface area contributed by atoms with Gasteiger partial charge in [-0.3, -0.25) is 0 Å². The highest BCUT2D eigenvalue weighted by atomic mass is 16.5. The first-order valence-corrected chi connectivity index (χ1v) is 5.25. The molecule has 1 rings (SSSR count). The molecule has 1 aromatic carbocycles. The van der Waals surface area contributed by atoms with Crippen LogP contribution in [0.5, 0.6) is 0 Å². The predicted octanol–water partition coefficient (Wildman–Crippen LogP) is 3.38. The van der Waals surface area contributed by atoms with Crippen LogP contribution in [0.1, 0.15) is 12.0 Å². The van der Waals surface area contributed by atoms with E-state index in [1.165, 1.54) is 5.56 Å². The van der Waals surface area contributed by atoms with E-state index in [9.17, 15) is 0 Å². The van der Waals surface area contributed by atoms with E-state index in [0.717, 1.165) is 12.8 Å². The molecule has 0 aliphatic heterocycles. The lowest BCUT2D eigenvalue weighted by molar-refractivity contribution is 0.103. The molecule has 0 N–H and O–H groups in total. The van der Waals surface area contributed by atoms with Gasteiger partial charge in [-0.2, -0.15) is 0 Å². The van der Waals surface area contributed by atoms with E-state index in [1.54, 1.807) is 6.08 Å². The molecule has 0 aromatic heterocycles. The molecule has 1 atom stereocenters. The van der Waals surface area contributed by atoms with Gasteiger partial charge in [-0.1, -0.05) is 42.5 Å². The fraction of sp³-hybridized carbons (Fsp3) is 0.286. The van der Waals surface area contributed by atoms with E-state index in [4.69, 9.17) is 4.74 Å². The fourth-order valence-corrected chi connectivity index (χ4v) is 1.41. The molecule has 1 heteroatoms. The van der Waals surface area contributed by atoms with Gasteiger partial charge in [0.25, 0.3) is 0 Å². The van der Waals surface area contributed by atoms with Crippen molar-refractivity contribution >= 4 is 0 Å². The molecule has 1 nitrogen and oxygen atoms in total. The minimum atomic E-state index is 0.128. The third-order valence-corrected chi connectivity index (χ3v) is 2.25. The third kappa shape index (κ3) is 4.61. The largest absolute Gasteiger partial charge is 0.370 e. The molecule has 0 fully saturated rings. The number of rotatable bonds is 7. The molecule has 0 unspecified atom stereocenters. The summed E-state index contributed by atoms with van der Waals surface area (Å²) in [7, 11) is 0. The van der Waals surface area contributed by atoms with Crippen LogP contribution in [0.4, 0.5) is 0 Å². The van der Waals surface area contributed by atoms with Crippen LogP contribution in [0.15, 0.2) is 55.6 Å². The summed E-state index contributed by atoms with van der Waals surface area (Å²) in [5, 5.41) is 0. The number of aryl methyl sites for hydroxylation is 1. The molecule has 0 aliphatic carbocycles. The molecule has 0 bridgehead atoms. The lowest BCUT2D eigenvalue weighted by Gasteiger charge is -2.12. The van der Waals surface area contributed by atoms with E-state index in [2.05, 4.69) is 37.4 Å². The van der Waals surface area contributed by atoms with Crippen LogP contribution >= 0.6 is 0 Å². The summed E-state index contributed by atoms with van der Waals surface area (Å²) in [5.74, 6) is 0. The minimum Gasteiger partial charge on any atom is -0.370 e. The van der Waals surface area contributed by atoms with Crippen molar-refractivity contribution in [3.63, 3.8) is 0 Å². The molecular weight excluding hydrogens is 184 g/mol. The molecule has 0 aliphatic rings. The van der Waals surface area contributed by atoms with E-state index in [-0.39, 0.29) is 6.10 Å². The molecular formula is C14H18O. The van der Waals surface area contributed by atoms with Crippen LogP contribution in [0, 0.1) is 0 Å². The van der Waals surface area contributed by atoms with Gasteiger partial charge in [-0.25, -0.2) is 0 Å². The molecule has 0 spiro atoms. The van der Waals surface area contributed by atoms with Gasteiger partial charge in [0.15, 0.2) is 0 Å². The Kier molecular flexibility index (Phi) is 5.49. The molecule has 0 radical (unpaired) electrons. The molecule has 0 amide bonds. The zero-order valence-electron chi connectivity index (χ0n) is 9.06. The first-order valence-electron chi connectivity index (χ1n) is 5.25. The number of benzene rings is 1. The zero-order chi connectivity index (χ0) is 10.9. The number of ether oxygens (including phenoxy) is 1. The molecule has 0 heterocycles. The smallest absolute Gasteiger partial charge is 0.0760 e. The Hall–Kier alpha value is -1.34. The zero-order valence-corrected chi connectivity index (χ0v) is 9.06. The Balaban J connectivity index is 2.34. The van der Waals surface area contributed by atoms with Crippen LogP contribution in [0.3, 0.4) is 0 Å². The maximum atomic E-state index is 5.53. The van der Waals surface area contributed by atoms with Crippen LogP contribution in [0.25, 0.3) is 0 Å². The second-order valence-electron chi connectivity index (χ2n) is 3.42. The quantitative estimate of drug-likeness (QED) is 0.616. The minimum absolute atomic E-state index is 0.128. The van der Waals surface area contributed by atoms with Crippen molar-refractivity contribution in [2.24, 2.45) is 0 Å². The summed E-state index contributed by atoms with van der Waals surface area (Å²) < 4.78 is 5.53. The van der Waals surface area contributed by atoms with Gasteiger partial charge in [0.05, 0.1) is 12.7 Å². The van der Waals surface area contributed by atoms with E-state index in [0.29, 0.717) is 6.61 Å². The SMILES string of the molecule is C=CCO[C@H](C=C)CCc1ccccc1. The van der Waals surface area contributed by atoms with Gasteiger partial charge in [-0.15, -0.1) is 13.2 Å². The highest BCUT2D eigenvalue weighted by Gasteiger charge is 2.03. The van der Waals surface area contributed by atoms with Crippen molar-refractivity contribution in [1.82, 2.24) is 0 Å². The van der Waals surface area contributed by atoms with Crippen LogP contribution in [-0.4, -0.2) is 12.7 Å². The molecule has 0 saturated heterocycles. The van der Waals surface area contributed by atoms with Gasteiger partial charge in [0.1, 0.15) is 0 Å². The lowest BCUT2D eigenvalue weighted by Crippen LogP contribution is -2.10. The summed E-state index contributed by atoms with van der Waals surface area (Å²) >= 11 is 0. The Morgan fingerprint density at radius 1 is 1.20 bits per heavy atom. The standard InChI is InChI=1S/C14H18O/c1-3-12-15-14(4-2)11-10-13-8-6-5-7-9-13/h3-9,14H,1-2,10-12H2/t14-/m1/s1. The average Bonchev–Trinajstić information content (AvgIpc) is 2.31. The Morgan fingerprint density at radius 2 is 1.93 bits per heavy atom. The molecule has 0 saturated carbocycles. The lowest BCUT2D eigenvalue weighted by atomic mass is 10.1. The first-order chi connectivity index (χ1) is 7.36. The van der Waals surface area contributed by atoms with Crippen molar-refractivity contribution in [3.05, 3.63) is 61.2 Å². The van der Waals surface area contributed by atoms with Crippen LogP contribution in [0.2, 0.25) is 0 Å². The second-order valence-corrected chi connectivity index (χ2v) is 3.42. The maximum Gasteiger partial charge on any atom is 0.0760 e. The molecule has 1 aromatic rings. The van der Waals surface area contributed by atoms with Crippen molar-refractivity contribution in [1.29, 1.82) is 0 Å². The van der Waals surface area contributed by atoms with Gasteiger partial charge < -0.3 is 4.74 Å². The Bertz CT molecular complexity index is 289. The second kappa shape index (κ2) is 7.02. The Morgan fingerprint density at radius 3 is 2.53 bits per heavy atom. The van der Waals surface area contributed by atoms with Crippen LogP contribution in [-0.2, 0) is 11.2 Å². The van der Waals surface area contributed by atoms with Crippen molar-refractivity contribution < 1.29 is 4.74 Å². The monoisotopic (exact) mass is 202 g/mol. The van der Waals surface area contributed by atoms with E-state index < -0.39 is 0 Å². The predicted molar refractivity (Wildman–Crippen MR) is 64.9 cm³/mol.